The molecule has 1 rings (SSSR count). The fraction of sp³-hybridized carbons (Fsp3) is 0.286. The molecular weight excluding hydrogens is 267 g/mol. The molecule has 6 heteroatoms. The Kier molecular flexibility index (Phi) is 5.07. The van der Waals surface area contributed by atoms with Crippen molar-refractivity contribution in [1.29, 1.82) is 5.41 Å². The molecule has 20 heavy (non-hydrogen) atoms. The minimum absolute atomic E-state index is 0.320. The zero-order valence-corrected chi connectivity index (χ0v) is 11.5. The van der Waals surface area contributed by atoms with Gasteiger partial charge in [0.25, 0.3) is 0 Å². The predicted molar refractivity (Wildman–Crippen MR) is 75.6 cm³/mol. The normalized spacial score (nSPS) is 13.8. The SMILES string of the molecule is C/N=C(C)\C(C=N)=C(/C)Nc1cccc(C(F)(F)F)c1. The quantitative estimate of drug-likeness (QED) is 0.802. The highest BCUT2D eigenvalue weighted by Gasteiger charge is 2.30. The van der Waals surface area contributed by atoms with Crippen LogP contribution < -0.4 is 5.32 Å². The van der Waals surface area contributed by atoms with Crippen LogP contribution in [0.2, 0.25) is 0 Å². The summed E-state index contributed by atoms with van der Waals surface area (Å²) < 4.78 is 37.9. The molecule has 0 fully saturated rings. The zero-order valence-electron chi connectivity index (χ0n) is 11.5. The second kappa shape index (κ2) is 6.36. The van der Waals surface area contributed by atoms with E-state index in [-0.39, 0.29) is 0 Å². The van der Waals surface area contributed by atoms with E-state index in [1.807, 2.05) is 0 Å². The van der Waals surface area contributed by atoms with E-state index in [1.54, 1.807) is 27.0 Å². The number of anilines is 1. The fourth-order valence-electron chi connectivity index (χ4n) is 1.66. The van der Waals surface area contributed by atoms with Crippen molar-refractivity contribution < 1.29 is 13.2 Å². The lowest BCUT2D eigenvalue weighted by atomic mass is 10.1. The second-order valence-corrected chi connectivity index (χ2v) is 4.20. The van der Waals surface area contributed by atoms with Gasteiger partial charge in [-0.2, -0.15) is 13.2 Å². The van der Waals surface area contributed by atoms with Crippen LogP contribution in [0, 0.1) is 5.41 Å². The maximum atomic E-state index is 12.6. The lowest BCUT2D eigenvalue weighted by Crippen LogP contribution is -2.09. The monoisotopic (exact) mass is 283 g/mol. The molecule has 0 saturated carbocycles. The first kappa shape index (κ1) is 15.9. The van der Waals surface area contributed by atoms with Gasteiger partial charge in [0.2, 0.25) is 0 Å². The molecule has 0 amide bonds. The van der Waals surface area contributed by atoms with E-state index in [4.69, 9.17) is 5.41 Å². The van der Waals surface area contributed by atoms with Crippen molar-refractivity contribution >= 4 is 17.6 Å². The van der Waals surface area contributed by atoms with Crippen LogP contribution in [0.1, 0.15) is 19.4 Å². The molecule has 1 aromatic rings. The van der Waals surface area contributed by atoms with Crippen LogP contribution in [0.3, 0.4) is 0 Å². The second-order valence-electron chi connectivity index (χ2n) is 4.20. The Bertz CT molecular complexity index is 557. The van der Waals surface area contributed by atoms with E-state index in [0.717, 1.165) is 18.3 Å². The van der Waals surface area contributed by atoms with Gasteiger partial charge in [0.15, 0.2) is 0 Å². The largest absolute Gasteiger partial charge is 0.416 e. The first-order valence-corrected chi connectivity index (χ1v) is 5.89. The molecule has 0 atom stereocenters. The van der Waals surface area contributed by atoms with Crippen molar-refractivity contribution in [2.75, 3.05) is 12.4 Å². The fourth-order valence-corrected chi connectivity index (χ4v) is 1.66. The number of benzene rings is 1. The number of alkyl halides is 3. The average Bonchev–Trinajstić information content (AvgIpc) is 2.38. The highest BCUT2D eigenvalue weighted by Crippen LogP contribution is 2.31. The molecule has 0 saturated heterocycles. The molecule has 0 aliphatic rings. The molecule has 0 bridgehead atoms. The van der Waals surface area contributed by atoms with Crippen LogP contribution in [-0.2, 0) is 6.18 Å². The van der Waals surface area contributed by atoms with Crippen molar-refractivity contribution in [1.82, 2.24) is 0 Å². The van der Waals surface area contributed by atoms with Crippen LogP contribution in [0.25, 0.3) is 0 Å². The van der Waals surface area contributed by atoms with Gasteiger partial charge in [0, 0.05) is 35.9 Å². The van der Waals surface area contributed by atoms with E-state index in [9.17, 15) is 13.2 Å². The summed E-state index contributed by atoms with van der Waals surface area (Å²) in [5.74, 6) is 0. The molecule has 3 nitrogen and oxygen atoms in total. The summed E-state index contributed by atoms with van der Waals surface area (Å²) in [7, 11) is 1.59. The molecule has 0 aliphatic carbocycles. The first-order chi connectivity index (χ1) is 9.29. The van der Waals surface area contributed by atoms with Crippen LogP contribution in [0.5, 0.6) is 0 Å². The zero-order chi connectivity index (χ0) is 15.3. The standard InChI is InChI=1S/C14H16F3N3/c1-9(19-3)13(8-18)10(2)20-12-6-4-5-11(7-12)14(15,16)17/h4-8,18,20H,1-3H3/b13-10+,18-8?,19-9-. The van der Waals surface area contributed by atoms with Crippen molar-refractivity contribution in [2.45, 2.75) is 20.0 Å². The summed E-state index contributed by atoms with van der Waals surface area (Å²) in [5.41, 5.74) is 1.36. The Morgan fingerprint density at radius 3 is 2.45 bits per heavy atom. The van der Waals surface area contributed by atoms with Gasteiger partial charge in [-0.3, -0.25) is 4.99 Å². The van der Waals surface area contributed by atoms with E-state index in [2.05, 4.69) is 10.3 Å². The van der Waals surface area contributed by atoms with Gasteiger partial charge in [-0.1, -0.05) is 6.07 Å². The number of allylic oxidation sites excluding steroid dienone is 2. The molecule has 1 aromatic carbocycles. The first-order valence-electron chi connectivity index (χ1n) is 5.89. The lowest BCUT2D eigenvalue weighted by molar-refractivity contribution is -0.137. The molecule has 0 radical (unpaired) electrons. The summed E-state index contributed by atoms with van der Waals surface area (Å²) in [4.78, 5) is 3.97. The summed E-state index contributed by atoms with van der Waals surface area (Å²) >= 11 is 0. The van der Waals surface area contributed by atoms with Crippen LogP contribution in [0.15, 0.2) is 40.5 Å². The number of nitrogens with zero attached hydrogens (tertiary/aromatic N) is 1. The minimum atomic E-state index is -4.37. The van der Waals surface area contributed by atoms with Crippen molar-refractivity contribution in [3.8, 4) is 0 Å². The predicted octanol–water partition coefficient (Wildman–Crippen LogP) is 4.13. The van der Waals surface area contributed by atoms with Gasteiger partial charge >= 0.3 is 6.18 Å². The molecule has 2 N–H and O–H groups in total. The number of nitrogens with one attached hydrogen (secondary N) is 2. The Morgan fingerprint density at radius 2 is 1.95 bits per heavy atom. The smallest absolute Gasteiger partial charge is 0.359 e. The van der Waals surface area contributed by atoms with Crippen molar-refractivity contribution in [3.05, 3.63) is 41.1 Å². The highest BCUT2D eigenvalue weighted by molar-refractivity contribution is 6.15. The Labute approximate surface area is 115 Å². The summed E-state index contributed by atoms with van der Waals surface area (Å²) in [6, 6.07) is 4.92. The molecule has 0 unspecified atom stereocenters. The maximum absolute atomic E-state index is 12.6. The molecule has 0 heterocycles. The highest BCUT2D eigenvalue weighted by atomic mass is 19.4. The van der Waals surface area contributed by atoms with Crippen LogP contribution in [-0.4, -0.2) is 19.0 Å². The summed E-state index contributed by atoms with van der Waals surface area (Å²) in [5, 5.41) is 10.2. The summed E-state index contributed by atoms with van der Waals surface area (Å²) in [6.45, 7) is 3.42. The van der Waals surface area contributed by atoms with Crippen molar-refractivity contribution in [2.24, 2.45) is 4.99 Å². The maximum Gasteiger partial charge on any atom is 0.416 e. The molecule has 108 valence electrons. The third kappa shape index (κ3) is 3.94. The van der Waals surface area contributed by atoms with Crippen LogP contribution >= 0.6 is 0 Å². The Morgan fingerprint density at radius 1 is 1.30 bits per heavy atom. The van der Waals surface area contributed by atoms with Gasteiger partial charge in [-0.25, -0.2) is 0 Å². The number of hydrogen-bond donors (Lipinski definition) is 2. The number of halogens is 3. The number of rotatable bonds is 4. The molecule has 0 spiro atoms. The minimum Gasteiger partial charge on any atom is -0.359 e. The van der Waals surface area contributed by atoms with Gasteiger partial charge in [-0.05, 0) is 32.0 Å². The van der Waals surface area contributed by atoms with Gasteiger partial charge in [0.05, 0.1) is 5.56 Å². The lowest BCUT2D eigenvalue weighted by Gasteiger charge is -2.13. The van der Waals surface area contributed by atoms with Gasteiger partial charge in [0.1, 0.15) is 0 Å². The van der Waals surface area contributed by atoms with E-state index in [1.165, 1.54) is 6.07 Å². The van der Waals surface area contributed by atoms with Crippen molar-refractivity contribution in [3.63, 3.8) is 0 Å². The summed E-state index contributed by atoms with van der Waals surface area (Å²) in [6.07, 6.45) is -3.25. The van der Waals surface area contributed by atoms with Gasteiger partial charge < -0.3 is 10.7 Å². The van der Waals surface area contributed by atoms with Gasteiger partial charge in [-0.15, -0.1) is 0 Å². The number of aliphatic imine (C=N–C) groups is 1. The average molecular weight is 283 g/mol. The Balaban J connectivity index is 3.10. The third-order valence-corrected chi connectivity index (χ3v) is 2.80. The molecule has 0 aliphatic heterocycles. The number of hydrogen-bond acceptors (Lipinski definition) is 3. The van der Waals surface area contributed by atoms with E-state index < -0.39 is 11.7 Å². The van der Waals surface area contributed by atoms with Crippen LogP contribution in [0.4, 0.5) is 18.9 Å². The molecular formula is C14H16F3N3. The third-order valence-electron chi connectivity index (χ3n) is 2.80. The van der Waals surface area contributed by atoms with E-state index >= 15 is 0 Å². The topological polar surface area (TPSA) is 48.2 Å². The Hall–Kier alpha value is -2.11. The van der Waals surface area contributed by atoms with E-state index in [0.29, 0.717) is 22.7 Å². The molecule has 0 aromatic heterocycles.